The molecule has 0 aromatic heterocycles. The van der Waals surface area contributed by atoms with Crippen LogP contribution < -0.4 is 0 Å². The lowest BCUT2D eigenvalue weighted by Gasteiger charge is -2.05. The van der Waals surface area contributed by atoms with Crippen LogP contribution >= 0.6 is 0 Å². The summed E-state index contributed by atoms with van der Waals surface area (Å²) >= 11 is 0. The van der Waals surface area contributed by atoms with Crippen LogP contribution in [0.5, 0.6) is 0 Å². The molecule has 0 aliphatic rings. The van der Waals surface area contributed by atoms with Crippen LogP contribution in [0.15, 0.2) is 0 Å². The molecule has 0 aromatic carbocycles. The second kappa shape index (κ2) is 13.3. The zero-order valence-electron chi connectivity index (χ0n) is 11.4. The number of carboxylic acid groups (broad SMARTS) is 1. The van der Waals surface area contributed by atoms with Crippen LogP contribution in [-0.4, -0.2) is 44.9 Å². The van der Waals surface area contributed by atoms with Gasteiger partial charge in [0.25, 0.3) is 0 Å². The molecule has 0 fully saturated rings. The second-order valence-corrected chi connectivity index (χ2v) is 3.96. The lowest BCUT2D eigenvalue weighted by Crippen LogP contribution is -2.13. The fraction of sp³-hybridized carbons (Fsp3) is 0.833. The summed E-state index contributed by atoms with van der Waals surface area (Å²) in [7, 11) is 0. The van der Waals surface area contributed by atoms with Crippen molar-refractivity contribution in [3.63, 3.8) is 0 Å². The average Bonchev–Trinajstić information content (AvgIpc) is 2.23. The first kappa shape index (κ1) is 20.1. The Hall–Kier alpha value is -1.18. The number of hydrogen-bond acceptors (Lipinski definition) is 6. The molecule has 7 nitrogen and oxygen atoms in total. The van der Waals surface area contributed by atoms with Crippen LogP contribution in [0.4, 0.5) is 0 Å². The molecule has 0 aliphatic heterocycles. The molecule has 0 saturated heterocycles. The highest BCUT2D eigenvalue weighted by Crippen LogP contribution is 2.02. The molecule has 0 bridgehead atoms. The van der Waals surface area contributed by atoms with Gasteiger partial charge in [-0.3, -0.25) is 9.59 Å². The van der Waals surface area contributed by atoms with E-state index in [0.717, 1.165) is 6.42 Å². The maximum atomic E-state index is 10.8. The van der Waals surface area contributed by atoms with Gasteiger partial charge in [0.2, 0.25) is 0 Å². The molecule has 0 amide bonds. The van der Waals surface area contributed by atoms with E-state index in [-0.39, 0.29) is 12.8 Å². The van der Waals surface area contributed by atoms with Crippen molar-refractivity contribution in [1.82, 2.24) is 0 Å². The van der Waals surface area contributed by atoms with Gasteiger partial charge in [0.15, 0.2) is 12.6 Å². The minimum Gasteiger partial charge on any atom is -0.481 e. The van der Waals surface area contributed by atoms with Crippen LogP contribution in [-0.2, 0) is 14.3 Å². The third-order valence-corrected chi connectivity index (χ3v) is 1.87. The second-order valence-electron chi connectivity index (χ2n) is 3.96. The fourth-order valence-corrected chi connectivity index (χ4v) is 1.05. The minimum atomic E-state index is -1.10. The van der Waals surface area contributed by atoms with Gasteiger partial charge in [0, 0.05) is 12.8 Å². The monoisotopic (exact) mass is 280 g/mol. The Morgan fingerprint density at radius 1 is 1.11 bits per heavy atom. The Balaban J connectivity index is 0. The smallest absolute Gasteiger partial charge is 0.308 e. The summed E-state index contributed by atoms with van der Waals surface area (Å²) in [4.78, 5) is 20.8. The van der Waals surface area contributed by atoms with Gasteiger partial charge in [-0.25, -0.2) is 0 Å². The topological polar surface area (TPSA) is 124 Å². The van der Waals surface area contributed by atoms with Gasteiger partial charge in [0.1, 0.15) is 0 Å². The van der Waals surface area contributed by atoms with Gasteiger partial charge in [-0.15, -0.1) is 0 Å². The molecule has 7 heteroatoms. The maximum absolute atomic E-state index is 10.8. The van der Waals surface area contributed by atoms with Crippen molar-refractivity contribution in [3.05, 3.63) is 0 Å². The van der Waals surface area contributed by atoms with Crippen molar-refractivity contribution in [2.75, 3.05) is 0 Å². The summed E-state index contributed by atoms with van der Waals surface area (Å²) in [6, 6.07) is 0. The fourth-order valence-electron chi connectivity index (χ4n) is 1.05. The average molecular weight is 280 g/mol. The van der Waals surface area contributed by atoms with Gasteiger partial charge in [0.05, 0.1) is 0 Å². The van der Waals surface area contributed by atoms with E-state index in [1.165, 1.54) is 6.92 Å². The number of aliphatic carboxylic acids is 1. The van der Waals surface area contributed by atoms with Gasteiger partial charge in [-0.05, 0) is 26.2 Å². The predicted octanol–water partition coefficient (Wildman–Crippen LogP) is 0.610. The number of carbonyl (C=O) groups is 2. The molecular weight excluding hydrogens is 256 g/mol. The van der Waals surface area contributed by atoms with E-state index in [2.05, 4.69) is 4.74 Å². The highest BCUT2D eigenvalue weighted by molar-refractivity contribution is 5.69. The molecule has 4 N–H and O–H groups in total. The summed E-state index contributed by atoms with van der Waals surface area (Å²) in [5, 5.41) is 33.1. The summed E-state index contributed by atoms with van der Waals surface area (Å²) in [5.74, 6) is -1.37. The highest BCUT2D eigenvalue weighted by atomic mass is 16.6. The number of rotatable bonds is 8. The third kappa shape index (κ3) is 22.5. The Morgan fingerprint density at radius 2 is 1.63 bits per heavy atom. The van der Waals surface area contributed by atoms with E-state index in [1.807, 2.05) is 6.92 Å². The molecule has 0 heterocycles. The number of ether oxygens (including phenoxy) is 1. The zero-order chi connectivity index (χ0) is 15.3. The molecule has 0 spiro atoms. The molecule has 0 rings (SSSR count). The molecule has 1 unspecified atom stereocenters. The summed E-state index contributed by atoms with van der Waals surface area (Å²) in [5.41, 5.74) is 0. The Kier molecular flexibility index (Phi) is 14.1. The zero-order valence-corrected chi connectivity index (χ0v) is 11.4. The van der Waals surface area contributed by atoms with Gasteiger partial charge in [-0.1, -0.05) is 13.3 Å². The number of aliphatic hydroxyl groups is 3. The number of unbranched alkanes of at least 4 members (excludes halogenated alkanes) is 1. The lowest BCUT2D eigenvalue weighted by molar-refractivity contribution is -0.165. The van der Waals surface area contributed by atoms with E-state index >= 15 is 0 Å². The normalized spacial score (nSPS) is 11.5. The summed E-state index contributed by atoms with van der Waals surface area (Å²) < 4.78 is 4.43. The first-order valence-corrected chi connectivity index (χ1v) is 6.25. The number of esters is 1. The quantitative estimate of drug-likeness (QED) is 0.291. The first-order chi connectivity index (χ1) is 8.79. The maximum Gasteiger partial charge on any atom is 0.308 e. The first-order valence-electron chi connectivity index (χ1n) is 6.25. The van der Waals surface area contributed by atoms with E-state index in [0.29, 0.717) is 19.3 Å². The van der Waals surface area contributed by atoms with Crippen molar-refractivity contribution in [2.45, 2.75) is 65.0 Å². The predicted molar refractivity (Wildman–Crippen MR) is 67.0 cm³/mol. The molecule has 114 valence electrons. The molecule has 1 atom stereocenters. The van der Waals surface area contributed by atoms with E-state index in [4.69, 9.17) is 20.4 Å². The van der Waals surface area contributed by atoms with Gasteiger partial charge >= 0.3 is 11.9 Å². The van der Waals surface area contributed by atoms with Crippen LogP contribution in [0.25, 0.3) is 0 Å². The number of hydrogen-bond donors (Lipinski definition) is 4. The largest absolute Gasteiger partial charge is 0.481 e. The summed E-state index contributed by atoms with van der Waals surface area (Å²) in [6.07, 6.45) is 0.252. The molecule has 19 heavy (non-hydrogen) atoms. The highest BCUT2D eigenvalue weighted by Gasteiger charge is 2.06. The van der Waals surface area contributed by atoms with Gasteiger partial charge < -0.3 is 25.2 Å². The van der Waals surface area contributed by atoms with Crippen molar-refractivity contribution in [3.8, 4) is 0 Å². The Bertz CT molecular complexity index is 238. The van der Waals surface area contributed by atoms with E-state index in [1.54, 1.807) is 0 Å². The van der Waals surface area contributed by atoms with Crippen molar-refractivity contribution in [1.29, 1.82) is 0 Å². The number of carbonyl (C=O) groups excluding carboxylic acids is 1. The summed E-state index contributed by atoms with van der Waals surface area (Å²) in [6.45, 7) is 3.24. The van der Waals surface area contributed by atoms with Crippen molar-refractivity contribution < 1.29 is 34.8 Å². The standard InChI is InChI=1S/C8H14O5.C4H10O2/c1-6(9)13-8(12)5-3-2-4-7(10)11;1-2-3-4(5)6/h6,9H,2-5H2,1H3,(H,10,11);4-6H,2-3H2,1H3. The SMILES string of the molecule is CC(O)OC(=O)CCCCC(=O)O.CCCC(O)O. The van der Waals surface area contributed by atoms with Crippen molar-refractivity contribution >= 4 is 11.9 Å². The lowest BCUT2D eigenvalue weighted by atomic mass is 10.2. The molecular formula is C12H24O7. The third-order valence-electron chi connectivity index (χ3n) is 1.87. The molecule has 0 saturated carbocycles. The molecule has 0 aromatic rings. The van der Waals surface area contributed by atoms with E-state index < -0.39 is 24.5 Å². The Labute approximate surface area is 112 Å². The Morgan fingerprint density at radius 3 is 1.95 bits per heavy atom. The van der Waals surface area contributed by atoms with Crippen LogP contribution in [0.3, 0.4) is 0 Å². The van der Waals surface area contributed by atoms with Crippen molar-refractivity contribution in [2.24, 2.45) is 0 Å². The number of carboxylic acids is 1. The molecule has 0 aliphatic carbocycles. The number of aliphatic hydroxyl groups excluding tert-OH is 2. The van der Waals surface area contributed by atoms with Crippen LogP contribution in [0.1, 0.15) is 52.4 Å². The van der Waals surface area contributed by atoms with E-state index in [9.17, 15) is 9.59 Å². The van der Waals surface area contributed by atoms with Gasteiger partial charge in [-0.2, -0.15) is 0 Å². The molecule has 0 radical (unpaired) electrons. The minimum absolute atomic E-state index is 0.0575. The van der Waals surface area contributed by atoms with Crippen LogP contribution in [0.2, 0.25) is 0 Å². The van der Waals surface area contributed by atoms with Crippen LogP contribution in [0, 0.1) is 0 Å².